The standard InChI is InChI=1S/C23H27N5O/c1-16(29)28-10-6-17(7-11-28)23-25-13-19-15-27(9-8-21(19)26-23)14-18-12-24-22-5-3-2-4-20(18)22/h2-5,12-13,17,24H,6-11,14-15H2,1H3. The molecule has 0 spiro atoms. The van der Waals surface area contributed by atoms with Crippen molar-refractivity contribution in [3.05, 3.63) is 59.3 Å². The Kier molecular flexibility index (Phi) is 4.79. The molecule has 6 heteroatoms. The number of para-hydroxylation sites is 1. The summed E-state index contributed by atoms with van der Waals surface area (Å²) in [6, 6.07) is 8.48. The Morgan fingerprint density at radius 2 is 2.03 bits per heavy atom. The van der Waals surface area contributed by atoms with E-state index in [1.807, 2.05) is 11.1 Å². The highest BCUT2D eigenvalue weighted by molar-refractivity contribution is 5.82. The van der Waals surface area contributed by atoms with Crippen LogP contribution in [0.15, 0.2) is 36.7 Å². The zero-order chi connectivity index (χ0) is 19.8. The Hall–Kier alpha value is -2.73. The van der Waals surface area contributed by atoms with Gasteiger partial charge in [0.1, 0.15) is 5.82 Å². The Bertz CT molecular complexity index is 1030. The van der Waals surface area contributed by atoms with E-state index in [1.54, 1.807) is 6.92 Å². The number of nitrogens with zero attached hydrogens (tertiary/aromatic N) is 4. The van der Waals surface area contributed by atoms with Gasteiger partial charge < -0.3 is 9.88 Å². The monoisotopic (exact) mass is 389 g/mol. The summed E-state index contributed by atoms with van der Waals surface area (Å²) in [6.45, 7) is 6.15. The van der Waals surface area contributed by atoms with Gasteiger partial charge in [0.05, 0.1) is 0 Å². The smallest absolute Gasteiger partial charge is 0.219 e. The van der Waals surface area contributed by atoms with Gasteiger partial charge in [0, 0.05) is 86.5 Å². The number of carbonyl (C=O) groups is 1. The van der Waals surface area contributed by atoms with Crippen molar-refractivity contribution in [2.45, 2.75) is 45.2 Å². The van der Waals surface area contributed by atoms with Crippen molar-refractivity contribution in [3.8, 4) is 0 Å². The predicted octanol–water partition coefficient (Wildman–Crippen LogP) is 3.24. The summed E-state index contributed by atoms with van der Waals surface area (Å²) in [5, 5.41) is 1.31. The fourth-order valence-electron chi connectivity index (χ4n) is 4.68. The average molecular weight is 390 g/mol. The first-order valence-corrected chi connectivity index (χ1v) is 10.5. The van der Waals surface area contributed by atoms with Crippen molar-refractivity contribution in [2.75, 3.05) is 19.6 Å². The molecule has 5 rings (SSSR count). The Labute approximate surface area is 171 Å². The van der Waals surface area contributed by atoms with Gasteiger partial charge in [0.15, 0.2) is 0 Å². The lowest BCUT2D eigenvalue weighted by Crippen LogP contribution is -2.37. The lowest BCUT2D eigenvalue weighted by atomic mass is 9.95. The minimum absolute atomic E-state index is 0.171. The van der Waals surface area contributed by atoms with Gasteiger partial charge in [-0.15, -0.1) is 0 Å². The van der Waals surface area contributed by atoms with Crippen molar-refractivity contribution in [3.63, 3.8) is 0 Å². The quantitative estimate of drug-likeness (QED) is 0.747. The molecule has 3 aromatic rings. The molecule has 0 unspecified atom stereocenters. The van der Waals surface area contributed by atoms with Crippen LogP contribution >= 0.6 is 0 Å². The number of hydrogen-bond acceptors (Lipinski definition) is 4. The molecule has 0 saturated carbocycles. The van der Waals surface area contributed by atoms with Crippen LogP contribution in [0.25, 0.3) is 10.9 Å². The molecule has 29 heavy (non-hydrogen) atoms. The van der Waals surface area contributed by atoms with E-state index >= 15 is 0 Å². The number of amides is 1. The van der Waals surface area contributed by atoms with Crippen LogP contribution in [-0.2, 0) is 24.3 Å². The topological polar surface area (TPSA) is 65.1 Å². The first-order chi connectivity index (χ1) is 14.2. The van der Waals surface area contributed by atoms with Crippen LogP contribution in [0.1, 0.15) is 48.3 Å². The molecule has 6 nitrogen and oxygen atoms in total. The summed E-state index contributed by atoms with van der Waals surface area (Å²) in [7, 11) is 0. The molecule has 1 fully saturated rings. The third kappa shape index (κ3) is 3.65. The highest BCUT2D eigenvalue weighted by atomic mass is 16.2. The Balaban J connectivity index is 1.26. The van der Waals surface area contributed by atoms with Crippen molar-refractivity contribution < 1.29 is 4.79 Å². The molecule has 0 bridgehead atoms. The predicted molar refractivity (Wildman–Crippen MR) is 112 cm³/mol. The van der Waals surface area contributed by atoms with Gasteiger partial charge in [-0.2, -0.15) is 0 Å². The number of benzene rings is 1. The van der Waals surface area contributed by atoms with Crippen molar-refractivity contribution in [1.82, 2.24) is 24.8 Å². The van der Waals surface area contributed by atoms with Gasteiger partial charge >= 0.3 is 0 Å². The Morgan fingerprint density at radius 3 is 2.86 bits per heavy atom. The maximum absolute atomic E-state index is 11.5. The second-order valence-electron chi connectivity index (χ2n) is 8.30. The molecule has 2 aliphatic rings. The molecule has 2 aliphatic heterocycles. The normalized spacial score (nSPS) is 18.2. The number of H-pyrrole nitrogens is 1. The van der Waals surface area contributed by atoms with Crippen molar-refractivity contribution >= 4 is 16.8 Å². The molecule has 1 N–H and O–H groups in total. The molecule has 2 aromatic heterocycles. The first-order valence-electron chi connectivity index (χ1n) is 10.5. The summed E-state index contributed by atoms with van der Waals surface area (Å²) in [5.41, 5.74) is 5.00. The summed E-state index contributed by atoms with van der Waals surface area (Å²) >= 11 is 0. The van der Waals surface area contributed by atoms with E-state index in [0.29, 0.717) is 5.92 Å². The summed E-state index contributed by atoms with van der Waals surface area (Å²) < 4.78 is 0. The van der Waals surface area contributed by atoms with Gasteiger partial charge in [-0.3, -0.25) is 9.69 Å². The minimum atomic E-state index is 0.171. The van der Waals surface area contributed by atoms with Crippen LogP contribution in [0, 0.1) is 0 Å². The lowest BCUT2D eigenvalue weighted by molar-refractivity contribution is -0.129. The van der Waals surface area contributed by atoms with Crippen molar-refractivity contribution in [1.29, 1.82) is 0 Å². The number of nitrogens with one attached hydrogen (secondary N) is 1. The lowest BCUT2D eigenvalue weighted by Gasteiger charge is -2.32. The van der Waals surface area contributed by atoms with E-state index in [9.17, 15) is 4.79 Å². The van der Waals surface area contributed by atoms with Crippen LogP contribution in [0.2, 0.25) is 0 Å². The van der Waals surface area contributed by atoms with Crippen LogP contribution in [-0.4, -0.2) is 50.3 Å². The molecule has 0 aliphatic carbocycles. The van der Waals surface area contributed by atoms with Gasteiger partial charge in [-0.25, -0.2) is 9.97 Å². The number of aromatic amines is 1. The molecular formula is C23H27N5O. The fourth-order valence-corrected chi connectivity index (χ4v) is 4.68. The number of carbonyl (C=O) groups excluding carboxylic acids is 1. The molecule has 0 atom stereocenters. The van der Waals surface area contributed by atoms with Gasteiger partial charge in [0.25, 0.3) is 0 Å². The second-order valence-corrected chi connectivity index (χ2v) is 8.30. The average Bonchev–Trinajstić information content (AvgIpc) is 3.16. The molecule has 0 radical (unpaired) electrons. The molecule has 1 aromatic carbocycles. The maximum Gasteiger partial charge on any atom is 0.219 e. The fraction of sp³-hybridized carbons (Fsp3) is 0.435. The zero-order valence-electron chi connectivity index (χ0n) is 16.9. The minimum Gasteiger partial charge on any atom is -0.361 e. The first kappa shape index (κ1) is 18.3. The molecule has 150 valence electrons. The van der Waals surface area contributed by atoms with E-state index in [1.165, 1.54) is 27.7 Å². The number of rotatable bonds is 3. The largest absolute Gasteiger partial charge is 0.361 e. The SMILES string of the molecule is CC(=O)N1CCC(c2ncc3c(n2)CCN(Cc2c[nH]c4ccccc24)C3)CC1. The van der Waals surface area contributed by atoms with Crippen LogP contribution < -0.4 is 0 Å². The number of fused-ring (bicyclic) bond motifs is 2. The molecular weight excluding hydrogens is 362 g/mol. The second kappa shape index (κ2) is 7.59. The van der Waals surface area contributed by atoms with E-state index < -0.39 is 0 Å². The highest BCUT2D eigenvalue weighted by Gasteiger charge is 2.26. The number of likely N-dealkylation sites (tertiary alicyclic amines) is 1. The molecule has 1 amide bonds. The Morgan fingerprint density at radius 1 is 1.21 bits per heavy atom. The number of aromatic nitrogens is 3. The van der Waals surface area contributed by atoms with Gasteiger partial charge in [0.2, 0.25) is 5.91 Å². The van der Waals surface area contributed by atoms with Crippen LogP contribution in [0.5, 0.6) is 0 Å². The van der Waals surface area contributed by atoms with Gasteiger partial charge in [-0.1, -0.05) is 18.2 Å². The molecule has 1 saturated heterocycles. The summed E-state index contributed by atoms with van der Waals surface area (Å²) in [6.07, 6.45) is 7.07. The highest BCUT2D eigenvalue weighted by Crippen LogP contribution is 2.28. The van der Waals surface area contributed by atoms with Gasteiger partial charge in [-0.05, 0) is 24.5 Å². The third-order valence-corrected chi connectivity index (χ3v) is 6.41. The third-order valence-electron chi connectivity index (χ3n) is 6.41. The van der Waals surface area contributed by atoms with E-state index in [-0.39, 0.29) is 5.91 Å². The van der Waals surface area contributed by atoms with E-state index in [4.69, 9.17) is 9.97 Å². The van der Waals surface area contributed by atoms with Crippen molar-refractivity contribution in [2.24, 2.45) is 0 Å². The van der Waals surface area contributed by atoms with E-state index in [2.05, 4.69) is 40.3 Å². The van der Waals surface area contributed by atoms with Crippen LogP contribution in [0.3, 0.4) is 0 Å². The summed E-state index contributed by atoms with van der Waals surface area (Å²) in [5.74, 6) is 1.52. The summed E-state index contributed by atoms with van der Waals surface area (Å²) in [4.78, 5) is 29.0. The molecule has 4 heterocycles. The van der Waals surface area contributed by atoms with Crippen LogP contribution in [0.4, 0.5) is 0 Å². The van der Waals surface area contributed by atoms with E-state index in [0.717, 1.165) is 57.8 Å². The number of hydrogen-bond donors (Lipinski definition) is 1. The number of piperidine rings is 1. The maximum atomic E-state index is 11.5. The zero-order valence-corrected chi connectivity index (χ0v) is 16.9.